The lowest BCUT2D eigenvalue weighted by Gasteiger charge is -2.06. The Hall–Kier alpha value is -1.82. The molecule has 2 aromatic rings. The Bertz CT molecular complexity index is 555. The second-order valence-electron chi connectivity index (χ2n) is 4.06. The monoisotopic (exact) mass is 323 g/mol. The van der Waals surface area contributed by atoms with Gasteiger partial charge in [-0.1, -0.05) is 15.9 Å². The quantitative estimate of drug-likeness (QED) is 0.738. The molecule has 0 aliphatic rings. The van der Waals surface area contributed by atoms with Crippen LogP contribution in [0.3, 0.4) is 0 Å². The summed E-state index contributed by atoms with van der Waals surface area (Å²) in [6.45, 7) is 0.537. The number of hydrogen-bond donors (Lipinski definition) is 3. The summed E-state index contributed by atoms with van der Waals surface area (Å²) in [5.41, 5.74) is 0.279. The Labute approximate surface area is 119 Å². The second-order valence-corrected chi connectivity index (χ2v) is 4.97. The van der Waals surface area contributed by atoms with E-state index in [-0.39, 0.29) is 17.2 Å². The van der Waals surface area contributed by atoms with Crippen LogP contribution in [-0.2, 0) is 6.42 Å². The van der Waals surface area contributed by atoms with Gasteiger partial charge in [-0.3, -0.25) is 4.79 Å². The number of aromatic hydroxyl groups is 1. The molecule has 100 valence electrons. The van der Waals surface area contributed by atoms with Crippen molar-refractivity contribution in [3.05, 3.63) is 46.5 Å². The number of imidazole rings is 1. The van der Waals surface area contributed by atoms with Crippen LogP contribution < -0.4 is 5.32 Å². The van der Waals surface area contributed by atoms with E-state index in [0.29, 0.717) is 6.54 Å². The van der Waals surface area contributed by atoms with Gasteiger partial charge in [0.25, 0.3) is 5.91 Å². The number of benzene rings is 1. The van der Waals surface area contributed by atoms with Gasteiger partial charge in [-0.15, -0.1) is 0 Å². The number of carbonyl (C=O) groups excluding carboxylic acids is 1. The minimum absolute atomic E-state index is 0.0297. The van der Waals surface area contributed by atoms with Gasteiger partial charge in [0.2, 0.25) is 0 Å². The first-order valence-corrected chi connectivity index (χ1v) is 6.71. The molecule has 0 saturated heterocycles. The van der Waals surface area contributed by atoms with Gasteiger partial charge < -0.3 is 15.4 Å². The fourth-order valence-electron chi connectivity index (χ4n) is 1.68. The maximum atomic E-state index is 11.8. The molecular formula is C13H14BrN3O2. The second kappa shape index (κ2) is 6.38. The highest BCUT2D eigenvalue weighted by Crippen LogP contribution is 2.21. The summed E-state index contributed by atoms with van der Waals surface area (Å²) in [5.74, 6) is 0.600. The first kappa shape index (κ1) is 13.6. The van der Waals surface area contributed by atoms with E-state index in [0.717, 1.165) is 23.1 Å². The molecule has 1 aromatic heterocycles. The SMILES string of the molecule is O=C(NCCCc1ncc[nH]1)c1ccc(Br)cc1O. The maximum Gasteiger partial charge on any atom is 0.255 e. The van der Waals surface area contributed by atoms with Crippen molar-refractivity contribution in [2.75, 3.05) is 6.54 Å². The van der Waals surface area contributed by atoms with E-state index in [4.69, 9.17) is 0 Å². The van der Waals surface area contributed by atoms with E-state index in [1.54, 1.807) is 24.5 Å². The lowest BCUT2D eigenvalue weighted by Crippen LogP contribution is -2.24. The predicted octanol–water partition coefficient (Wildman–Crippen LogP) is 2.24. The molecule has 5 nitrogen and oxygen atoms in total. The van der Waals surface area contributed by atoms with Gasteiger partial charge in [0, 0.05) is 29.8 Å². The van der Waals surface area contributed by atoms with E-state index in [9.17, 15) is 9.90 Å². The zero-order valence-electron chi connectivity index (χ0n) is 10.2. The number of amides is 1. The zero-order valence-corrected chi connectivity index (χ0v) is 11.8. The number of aromatic amines is 1. The molecule has 1 amide bonds. The third kappa shape index (κ3) is 3.82. The van der Waals surface area contributed by atoms with E-state index >= 15 is 0 Å². The van der Waals surface area contributed by atoms with Crippen molar-refractivity contribution in [3.63, 3.8) is 0 Å². The molecule has 0 bridgehead atoms. The lowest BCUT2D eigenvalue weighted by molar-refractivity contribution is 0.0950. The Balaban J connectivity index is 1.81. The van der Waals surface area contributed by atoms with Crippen molar-refractivity contribution in [1.82, 2.24) is 15.3 Å². The highest BCUT2D eigenvalue weighted by atomic mass is 79.9. The van der Waals surface area contributed by atoms with Crippen molar-refractivity contribution in [2.24, 2.45) is 0 Å². The highest BCUT2D eigenvalue weighted by molar-refractivity contribution is 9.10. The van der Waals surface area contributed by atoms with Crippen LogP contribution in [0.1, 0.15) is 22.6 Å². The van der Waals surface area contributed by atoms with Crippen molar-refractivity contribution in [1.29, 1.82) is 0 Å². The van der Waals surface area contributed by atoms with Crippen molar-refractivity contribution in [2.45, 2.75) is 12.8 Å². The largest absolute Gasteiger partial charge is 0.507 e. The average Bonchev–Trinajstić information content (AvgIpc) is 2.87. The predicted molar refractivity (Wildman–Crippen MR) is 75.0 cm³/mol. The van der Waals surface area contributed by atoms with Gasteiger partial charge in [-0.25, -0.2) is 4.98 Å². The summed E-state index contributed by atoms with van der Waals surface area (Å²) in [5, 5.41) is 12.4. The molecule has 2 rings (SSSR count). The summed E-state index contributed by atoms with van der Waals surface area (Å²) in [6.07, 6.45) is 5.04. The smallest absolute Gasteiger partial charge is 0.255 e. The molecule has 1 aromatic carbocycles. The Morgan fingerprint density at radius 2 is 2.32 bits per heavy atom. The van der Waals surface area contributed by atoms with Crippen molar-refractivity contribution < 1.29 is 9.90 Å². The number of nitrogens with zero attached hydrogens (tertiary/aromatic N) is 1. The fourth-order valence-corrected chi connectivity index (χ4v) is 2.03. The average molecular weight is 324 g/mol. The summed E-state index contributed by atoms with van der Waals surface area (Å²) < 4.78 is 0.736. The Morgan fingerprint density at radius 3 is 3.00 bits per heavy atom. The molecule has 0 fully saturated rings. The van der Waals surface area contributed by atoms with Crippen molar-refractivity contribution in [3.8, 4) is 5.75 Å². The number of carbonyl (C=O) groups is 1. The molecule has 19 heavy (non-hydrogen) atoms. The van der Waals surface area contributed by atoms with Crippen LogP contribution in [0.2, 0.25) is 0 Å². The minimum atomic E-state index is -0.274. The summed E-state index contributed by atoms with van der Waals surface area (Å²) >= 11 is 3.23. The molecule has 0 atom stereocenters. The summed E-state index contributed by atoms with van der Waals surface area (Å²) in [6, 6.07) is 4.80. The van der Waals surface area contributed by atoms with Gasteiger partial charge in [0.1, 0.15) is 11.6 Å². The van der Waals surface area contributed by atoms with Crippen LogP contribution in [-0.4, -0.2) is 27.5 Å². The molecule has 0 unspecified atom stereocenters. The molecule has 0 aliphatic carbocycles. The normalized spacial score (nSPS) is 10.4. The van der Waals surface area contributed by atoms with Crippen LogP contribution >= 0.6 is 15.9 Å². The number of rotatable bonds is 5. The van der Waals surface area contributed by atoms with Crippen LogP contribution in [0.5, 0.6) is 5.75 Å². The molecule has 0 saturated carbocycles. The highest BCUT2D eigenvalue weighted by Gasteiger charge is 2.10. The standard InChI is InChI=1S/C13H14BrN3O2/c14-9-3-4-10(11(18)8-9)13(19)17-5-1-2-12-15-6-7-16-12/h3-4,6-8,18H,1-2,5H2,(H,15,16)(H,17,19). The molecule has 3 N–H and O–H groups in total. The fraction of sp³-hybridized carbons (Fsp3) is 0.231. The number of aryl methyl sites for hydroxylation is 1. The molecule has 0 aliphatic heterocycles. The maximum absolute atomic E-state index is 11.8. The van der Waals surface area contributed by atoms with Crippen LogP contribution in [0.15, 0.2) is 35.1 Å². The lowest BCUT2D eigenvalue weighted by atomic mass is 10.2. The van der Waals surface area contributed by atoms with Gasteiger partial charge in [0.15, 0.2) is 0 Å². The van der Waals surface area contributed by atoms with Crippen LogP contribution in [0.4, 0.5) is 0 Å². The van der Waals surface area contributed by atoms with E-state index in [1.807, 2.05) is 0 Å². The number of nitrogens with one attached hydrogen (secondary N) is 2. The topological polar surface area (TPSA) is 78.0 Å². The molecule has 0 spiro atoms. The third-order valence-electron chi connectivity index (χ3n) is 2.64. The number of phenols is 1. The number of hydrogen-bond acceptors (Lipinski definition) is 3. The molecule has 0 radical (unpaired) electrons. The summed E-state index contributed by atoms with van der Waals surface area (Å²) in [7, 11) is 0. The first-order chi connectivity index (χ1) is 9.16. The molecular weight excluding hydrogens is 310 g/mol. The zero-order chi connectivity index (χ0) is 13.7. The van der Waals surface area contributed by atoms with E-state index in [2.05, 4.69) is 31.2 Å². The van der Waals surface area contributed by atoms with Crippen LogP contribution in [0, 0.1) is 0 Å². The summed E-state index contributed by atoms with van der Waals surface area (Å²) in [4.78, 5) is 18.9. The number of phenolic OH excluding ortho intramolecular Hbond substituents is 1. The van der Waals surface area contributed by atoms with Gasteiger partial charge in [-0.2, -0.15) is 0 Å². The van der Waals surface area contributed by atoms with Crippen molar-refractivity contribution >= 4 is 21.8 Å². The number of H-pyrrole nitrogens is 1. The third-order valence-corrected chi connectivity index (χ3v) is 3.13. The first-order valence-electron chi connectivity index (χ1n) is 5.92. The number of aromatic nitrogens is 2. The van der Waals surface area contributed by atoms with Gasteiger partial charge in [0.05, 0.1) is 5.56 Å². The molecule has 6 heteroatoms. The van der Waals surface area contributed by atoms with E-state index in [1.165, 1.54) is 6.07 Å². The number of halogens is 1. The van der Waals surface area contributed by atoms with Gasteiger partial charge >= 0.3 is 0 Å². The van der Waals surface area contributed by atoms with Gasteiger partial charge in [-0.05, 0) is 24.6 Å². The Kier molecular flexibility index (Phi) is 4.57. The minimum Gasteiger partial charge on any atom is -0.507 e. The van der Waals surface area contributed by atoms with E-state index < -0.39 is 0 Å². The van der Waals surface area contributed by atoms with Crippen LogP contribution in [0.25, 0.3) is 0 Å². The Morgan fingerprint density at radius 1 is 1.47 bits per heavy atom. The molecule has 1 heterocycles.